The maximum atomic E-state index is 11.5. The molecule has 4 nitrogen and oxygen atoms in total. The van der Waals surface area contributed by atoms with Crippen molar-refractivity contribution in [1.29, 1.82) is 0 Å². The van der Waals surface area contributed by atoms with Crippen molar-refractivity contribution in [2.75, 3.05) is 25.7 Å². The molecule has 108 valence electrons. The van der Waals surface area contributed by atoms with Crippen LogP contribution in [0.5, 0.6) is 5.75 Å². The summed E-state index contributed by atoms with van der Waals surface area (Å²) in [6, 6.07) is 2.84. The fraction of sp³-hybridized carbons (Fsp3) is 0.500. The first-order valence-corrected chi connectivity index (χ1v) is 8.54. The van der Waals surface area contributed by atoms with Gasteiger partial charge in [0.1, 0.15) is 15.6 Å². The predicted molar refractivity (Wildman–Crippen MR) is 79.1 cm³/mol. The molecule has 1 rings (SSSR count). The van der Waals surface area contributed by atoms with Crippen LogP contribution in [0.4, 0.5) is 0 Å². The third kappa shape index (κ3) is 4.84. The average Bonchev–Trinajstić information content (AvgIpc) is 2.29. The molecule has 1 aromatic rings. The molecule has 1 unspecified atom stereocenters. The molecule has 0 heterocycles. The van der Waals surface area contributed by atoms with Crippen LogP contribution in [0.25, 0.3) is 0 Å². The lowest BCUT2D eigenvalue weighted by molar-refractivity contribution is 0.414. The van der Waals surface area contributed by atoms with Crippen molar-refractivity contribution in [3.05, 3.63) is 27.7 Å². The second-order valence-corrected chi connectivity index (χ2v) is 7.21. The highest BCUT2D eigenvalue weighted by Crippen LogP contribution is 2.34. The van der Waals surface area contributed by atoms with Gasteiger partial charge in [-0.2, -0.15) is 0 Å². The summed E-state index contributed by atoms with van der Waals surface area (Å²) in [5.74, 6) is 0.425. The Hall–Kier alpha value is -0.490. The van der Waals surface area contributed by atoms with Crippen molar-refractivity contribution in [3.63, 3.8) is 0 Å². The van der Waals surface area contributed by atoms with E-state index in [-0.39, 0.29) is 5.75 Å². The van der Waals surface area contributed by atoms with Gasteiger partial charge in [0.25, 0.3) is 0 Å². The Morgan fingerprint density at radius 1 is 1.32 bits per heavy atom. The van der Waals surface area contributed by atoms with Gasteiger partial charge in [0.05, 0.1) is 17.9 Å². The molecule has 19 heavy (non-hydrogen) atoms. The number of ether oxygens (including phenoxy) is 1. The van der Waals surface area contributed by atoms with E-state index in [9.17, 15) is 8.42 Å². The van der Waals surface area contributed by atoms with Gasteiger partial charge in [-0.25, -0.2) is 8.42 Å². The Morgan fingerprint density at radius 2 is 1.95 bits per heavy atom. The number of rotatable bonds is 6. The van der Waals surface area contributed by atoms with Gasteiger partial charge in [-0.05, 0) is 18.2 Å². The summed E-state index contributed by atoms with van der Waals surface area (Å²) in [4.78, 5) is 0. The lowest BCUT2D eigenvalue weighted by Gasteiger charge is -2.19. The van der Waals surface area contributed by atoms with Crippen LogP contribution in [0.3, 0.4) is 0 Å². The van der Waals surface area contributed by atoms with Crippen LogP contribution in [-0.2, 0) is 9.84 Å². The number of methoxy groups -OCH3 is 1. The molecule has 0 bridgehead atoms. The quantitative estimate of drug-likeness (QED) is 0.873. The zero-order chi connectivity index (χ0) is 14.6. The minimum atomic E-state index is -3.13. The van der Waals surface area contributed by atoms with E-state index < -0.39 is 15.9 Å². The number of sulfone groups is 1. The van der Waals surface area contributed by atoms with Crippen LogP contribution in [0.2, 0.25) is 10.0 Å². The van der Waals surface area contributed by atoms with E-state index in [1.54, 1.807) is 12.1 Å². The predicted octanol–water partition coefficient (Wildman–Crippen LogP) is 2.70. The summed E-state index contributed by atoms with van der Waals surface area (Å²) in [5.41, 5.74) is 0.653. The smallest absolute Gasteiger partial charge is 0.149 e. The standard InChI is InChI=1S/C12H17Cl2NO3S/c1-4-15-11(7-19(3,16)17)8-5-10(14)12(18-2)6-9(8)13/h5-6,11,15H,4,7H2,1-3H3. The highest BCUT2D eigenvalue weighted by molar-refractivity contribution is 7.90. The van der Waals surface area contributed by atoms with Crippen molar-refractivity contribution in [1.82, 2.24) is 5.32 Å². The number of nitrogens with one attached hydrogen (secondary N) is 1. The van der Waals surface area contributed by atoms with Crippen molar-refractivity contribution < 1.29 is 13.2 Å². The Labute approximate surface area is 124 Å². The summed E-state index contributed by atoms with van der Waals surface area (Å²) < 4.78 is 28.0. The van der Waals surface area contributed by atoms with Crippen molar-refractivity contribution in [3.8, 4) is 5.75 Å². The largest absolute Gasteiger partial charge is 0.495 e. The lowest BCUT2D eigenvalue weighted by Crippen LogP contribution is -2.28. The summed E-state index contributed by atoms with van der Waals surface area (Å²) >= 11 is 12.2. The summed E-state index contributed by atoms with van der Waals surface area (Å²) in [5, 5.41) is 3.93. The zero-order valence-corrected chi connectivity index (χ0v) is 13.4. The number of benzene rings is 1. The molecule has 1 aromatic carbocycles. The van der Waals surface area contributed by atoms with E-state index in [1.807, 2.05) is 6.92 Å². The number of halogens is 2. The molecular formula is C12H17Cl2NO3S. The van der Waals surface area contributed by atoms with Gasteiger partial charge >= 0.3 is 0 Å². The molecule has 0 saturated heterocycles. The first-order valence-electron chi connectivity index (χ1n) is 5.72. The normalized spacial score (nSPS) is 13.3. The maximum Gasteiger partial charge on any atom is 0.149 e. The van der Waals surface area contributed by atoms with Gasteiger partial charge in [0, 0.05) is 23.4 Å². The molecule has 0 aromatic heterocycles. The van der Waals surface area contributed by atoms with Gasteiger partial charge in [-0.3, -0.25) is 0 Å². The lowest BCUT2D eigenvalue weighted by atomic mass is 10.1. The van der Waals surface area contributed by atoms with Crippen molar-refractivity contribution in [2.24, 2.45) is 0 Å². The van der Waals surface area contributed by atoms with E-state index in [4.69, 9.17) is 27.9 Å². The molecule has 0 radical (unpaired) electrons. The van der Waals surface area contributed by atoms with E-state index in [1.165, 1.54) is 13.4 Å². The molecular weight excluding hydrogens is 309 g/mol. The fourth-order valence-electron chi connectivity index (χ4n) is 1.78. The van der Waals surface area contributed by atoms with Crippen molar-refractivity contribution in [2.45, 2.75) is 13.0 Å². The SMILES string of the molecule is CCNC(CS(C)(=O)=O)c1cc(Cl)c(OC)cc1Cl. The van der Waals surface area contributed by atoms with Crippen LogP contribution in [0.1, 0.15) is 18.5 Å². The molecule has 0 amide bonds. The zero-order valence-electron chi connectivity index (χ0n) is 11.0. The number of hydrogen-bond acceptors (Lipinski definition) is 4. The van der Waals surface area contributed by atoms with Gasteiger partial charge in [0.15, 0.2) is 0 Å². The molecule has 7 heteroatoms. The molecule has 0 aliphatic rings. The van der Waals surface area contributed by atoms with Crippen molar-refractivity contribution >= 4 is 33.0 Å². The molecule has 1 N–H and O–H groups in total. The van der Waals surface area contributed by atoms with E-state index in [0.29, 0.717) is 27.9 Å². The maximum absolute atomic E-state index is 11.5. The highest BCUT2D eigenvalue weighted by Gasteiger charge is 2.20. The second kappa shape index (κ2) is 6.79. The highest BCUT2D eigenvalue weighted by atomic mass is 35.5. The fourth-order valence-corrected chi connectivity index (χ4v) is 3.21. The van der Waals surface area contributed by atoms with E-state index in [2.05, 4.69) is 5.32 Å². The minimum Gasteiger partial charge on any atom is -0.495 e. The Bertz CT molecular complexity index is 546. The molecule has 1 atom stereocenters. The third-order valence-electron chi connectivity index (χ3n) is 2.57. The molecule has 0 aliphatic heterocycles. The monoisotopic (exact) mass is 325 g/mol. The van der Waals surface area contributed by atoms with Gasteiger partial charge < -0.3 is 10.1 Å². The van der Waals surface area contributed by atoms with Crippen LogP contribution in [0, 0.1) is 0 Å². The van der Waals surface area contributed by atoms with Gasteiger partial charge in [-0.15, -0.1) is 0 Å². The Kier molecular flexibility index (Phi) is 5.92. The average molecular weight is 326 g/mol. The van der Waals surface area contributed by atoms with E-state index >= 15 is 0 Å². The third-order valence-corrected chi connectivity index (χ3v) is 4.13. The van der Waals surface area contributed by atoms with Gasteiger partial charge in [0.2, 0.25) is 0 Å². The topological polar surface area (TPSA) is 55.4 Å². The van der Waals surface area contributed by atoms with Crippen LogP contribution in [-0.4, -0.2) is 34.1 Å². The molecule has 0 fully saturated rings. The van der Waals surface area contributed by atoms with Crippen LogP contribution in [0.15, 0.2) is 12.1 Å². The van der Waals surface area contributed by atoms with E-state index in [0.717, 1.165) is 0 Å². The van der Waals surface area contributed by atoms with Gasteiger partial charge in [-0.1, -0.05) is 30.1 Å². The van der Waals surface area contributed by atoms with Crippen LogP contribution >= 0.6 is 23.2 Å². The minimum absolute atomic E-state index is 0.0385. The summed E-state index contributed by atoms with van der Waals surface area (Å²) in [6.45, 7) is 2.52. The molecule has 0 aliphatic carbocycles. The first-order chi connectivity index (χ1) is 8.78. The summed E-state index contributed by atoms with van der Waals surface area (Å²) in [6.07, 6.45) is 1.19. The second-order valence-electron chi connectivity index (χ2n) is 4.21. The first kappa shape index (κ1) is 16.6. The molecule has 0 spiro atoms. The Balaban J connectivity index is 3.19. The molecule has 0 saturated carbocycles. The summed E-state index contributed by atoms with van der Waals surface area (Å²) in [7, 11) is -1.64. The van der Waals surface area contributed by atoms with Crippen LogP contribution < -0.4 is 10.1 Å². The number of hydrogen-bond donors (Lipinski definition) is 1. The Morgan fingerprint density at radius 3 is 2.42 bits per heavy atom.